The SMILES string of the molecule is C=S1C=C(c2cc(N)ccc2N)C(=NCCO)C1. The van der Waals surface area contributed by atoms with E-state index in [1.807, 2.05) is 6.07 Å². The third kappa shape index (κ3) is 2.63. The quantitative estimate of drug-likeness (QED) is 0.568. The lowest BCUT2D eigenvalue weighted by Gasteiger charge is -2.09. The molecule has 0 spiro atoms. The van der Waals surface area contributed by atoms with Crippen molar-refractivity contribution in [1.82, 2.24) is 0 Å². The fourth-order valence-electron chi connectivity index (χ4n) is 1.87. The molecule has 5 heteroatoms. The number of nitrogens with two attached hydrogens (primary N) is 2. The van der Waals surface area contributed by atoms with Crippen LogP contribution in [0.3, 0.4) is 0 Å². The van der Waals surface area contributed by atoms with Crippen LogP contribution in [-0.2, 0) is 0 Å². The summed E-state index contributed by atoms with van der Waals surface area (Å²) in [5.74, 6) is 4.87. The molecule has 0 aromatic heterocycles. The van der Waals surface area contributed by atoms with E-state index in [-0.39, 0.29) is 17.1 Å². The van der Waals surface area contributed by atoms with Crippen molar-refractivity contribution in [1.29, 1.82) is 0 Å². The first-order chi connectivity index (χ1) is 8.61. The first-order valence-electron chi connectivity index (χ1n) is 5.63. The van der Waals surface area contributed by atoms with E-state index in [2.05, 4.69) is 16.3 Å². The molecule has 18 heavy (non-hydrogen) atoms. The number of rotatable bonds is 3. The molecule has 1 atom stereocenters. The fraction of sp³-hybridized carbons (Fsp3) is 0.231. The second-order valence-corrected chi connectivity index (χ2v) is 5.71. The Bertz CT molecular complexity index is 549. The van der Waals surface area contributed by atoms with Gasteiger partial charge in [-0.15, -0.1) is 0 Å². The van der Waals surface area contributed by atoms with Crippen LogP contribution in [0.2, 0.25) is 0 Å². The van der Waals surface area contributed by atoms with Gasteiger partial charge in [-0.25, -0.2) is 0 Å². The van der Waals surface area contributed by atoms with Crippen molar-refractivity contribution in [3.05, 3.63) is 29.2 Å². The van der Waals surface area contributed by atoms with Crippen LogP contribution in [0.5, 0.6) is 0 Å². The molecule has 0 amide bonds. The minimum absolute atomic E-state index is 0.0497. The molecule has 0 bridgehead atoms. The number of benzene rings is 1. The number of anilines is 2. The first-order valence-corrected chi connectivity index (χ1v) is 7.25. The zero-order chi connectivity index (χ0) is 13.1. The summed E-state index contributed by atoms with van der Waals surface area (Å²) >= 11 is 0. The van der Waals surface area contributed by atoms with Crippen LogP contribution < -0.4 is 11.5 Å². The van der Waals surface area contributed by atoms with E-state index in [0.717, 1.165) is 22.6 Å². The Morgan fingerprint density at radius 2 is 2.17 bits per heavy atom. The van der Waals surface area contributed by atoms with E-state index >= 15 is 0 Å². The van der Waals surface area contributed by atoms with Gasteiger partial charge in [-0.1, -0.05) is 5.87 Å². The summed E-state index contributed by atoms with van der Waals surface area (Å²) in [6.07, 6.45) is 0. The van der Waals surface area contributed by atoms with E-state index in [1.54, 1.807) is 12.1 Å². The molecule has 0 fully saturated rings. The molecular formula is C13H17N3OS. The van der Waals surface area contributed by atoms with Gasteiger partial charge in [0.25, 0.3) is 0 Å². The number of aliphatic hydroxyl groups is 1. The predicted octanol–water partition coefficient (Wildman–Crippen LogP) is 1.34. The number of hydrogen-bond donors (Lipinski definition) is 3. The molecular weight excluding hydrogens is 246 g/mol. The van der Waals surface area contributed by atoms with E-state index in [9.17, 15) is 0 Å². The van der Waals surface area contributed by atoms with Crippen LogP contribution in [0.1, 0.15) is 5.56 Å². The lowest BCUT2D eigenvalue weighted by Crippen LogP contribution is -2.06. The summed E-state index contributed by atoms with van der Waals surface area (Å²) in [4.78, 5) is 4.39. The Morgan fingerprint density at radius 3 is 2.89 bits per heavy atom. The summed E-state index contributed by atoms with van der Waals surface area (Å²) < 4.78 is 0. The Balaban J connectivity index is 2.44. The molecule has 1 unspecified atom stereocenters. The van der Waals surface area contributed by atoms with Gasteiger partial charge in [0.05, 0.1) is 18.9 Å². The standard InChI is InChI=1S/C13H17N3OS/c1-18-7-11(13(8-18)16-4-5-17)10-6-9(14)2-3-12(10)15/h2-3,6-7,17H,1,4-5,8,14-15H2. The van der Waals surface area contributed by atoms with Crippen LogP contribution in [0.4, 0.5) is 11.4 Å². The van der Waals surface area contributed by atoms with Gasteiger partial charge in [0.2, 0.25) is 0 Å². The molecule has 1 heterocycles. The first kappa shape index (κ1) is 12.9. The molecule has 96 valence electrons. The normalized spacial score (nSPS) is 21.3. The van der Waals surface area contributed by atoms with Crippen LogP contribution in [0.25, 0.3) is 5.57 Å². The number of aliphatic imine (C=N–C) groups is 1. The van der Waals surface area contributed by atoms with Gasteiger partial charge in [0.15, 0.2) is 0 Å². The smallest absolute Gasteiger partial charge is 0.0627 e. The lowest BCUT2D eigenvalue weighted by molar-refractivity contribution is 0.307. The lowest BCUT2D eigenvalue weighted by atomic mass is 10.0. The number of hydrogen-bond acceptors (Lipinski definition) is 4. The van der Waals surface area contributed by atoms with Gasteiger partial charge >= 0.3 is 0 Å². The molecule has 1 aliphatic rings. The zero-order valence-electron chi connectivity index (χ0n) is 10.1. The number of aliphatic hydroxyl groups excluding tert-OH is 1. The maximum absolute atomic E-state index is 8.86. The van der Waals surface area contributed by atoms with Gasteiger partial charge in [0.1, 0.15) is 0 Å². The third-order valence-electron chi connectivity index (χ3n) is 2.69. The second kappa shape index (κ2) is 5.37. The fourth-order valence-corrected chi connectivity index (χ4v) is 3.15. The maximum atomic E-state index is 8.86. The van der Waals surface area contributed by atoms with Crippen molar-refractivity contribution in [2.75, 3.05) is 30.4 Å². The van der Waals surface area contributed by atoms with Gasteiger partial charge in [0, 0.05) is 28.3 Å². The number of allylic oxidation sites excluding steroid dienone is 1. The largest absolute Gasteiger partial charge is 0.399 e. The van der Waals surface area contributed by atoms with Crippen molar-refractivity contribution in [2.24, 2.45) is 4.99 Å². The Kier molecular flexibility index (Phi) is 3.84. The van der Waals surface area contributed by atoms with E-state index in [1.165, 1.54) is 0 Å². The molecule has 0 saturated heterocycles. The Morgan fingerprint density at radius 1 is 1.39 bits per heavy atom. The minimum Gasteiger partial charge on any atom is -0.399 e. The molecule has 1 aliphatic heterocycles. The molecule has 2 rings (SSSR count). The van der Waals surface area contributed by atoms with Gasteiger partial charge in [-0.05, 0) is 23.6 Å². The predicted molar refractivity (Wildman–Crippen MR) is 82.2 cm³/mol. The highest BCUT2D eigenvalue weighted by Gasteiger charge is 2.19. The van der Waals surface area contributed by atoms with E-state index in [0.29, 0.717) is 17.9 Å². The van der Waals surface area contributed by atoms with E-state index < -0.39 is 0 Å². The summed E-state index contributed by atoms with van der Waals surface area (Å²) in [6, 6.07) is 5.44. The minimum atomic E-state index is -0.0727. The molecule has 0 radical (unpaired) electrons. The molecule has 0 aliphatic carbocycles. The van der Waals surface area contributed by atoms with Crippen molar-refractivity contribution in [2.45, 2.75) is 0 Å². The molecule has 4 nitrogen and oxygen atoms in total. The van der Waals surface area contributed by atoms with Crippen molar-refractivity contribution in [3.8, 4) is 0 Å². The van der Waals surface area contributed by atoms with Gasteiger partial charge < -0.3 is 16.6 Å². The van der Waals surface area contributed by atoms with Crippen molar-refractivity contribution in [3.63, 3.8) is 0 Å². The highest BCUT2D eigenvalue weighted by atomic mass is 32.2. The van der Waals surface area contributed by atoms with Crippen molar-refractivity contribution < 1.29 is 5.11 Å². The van der Waals surface area contributed by atoms with Crippen LogP contribution >= 0.6 is 10.5 Å². The maximum Gasteiger partial charge on any atom is 0.0627 e. The monoisotopic (exact) mass is 263 g/mol. The summed E-state index contributed by atoms with van der Waals surface area (Å²) in [5.41, 5.74) is 16.0. The highest BCUT2D eigenvalue weighted by Crippen LogP contribution is 2.35. The molecule has 0 saturated carbocycles. The molecule has 1 aromatic carbocycles. The topological polar surface area (TPSA) is 84.6 Å². The van der Waals surface area contributed by atoms with E-state index in [4.69, 9.17) is 16.6 Å². The van der Waals surface area contributed by atoms with Crippen molar-refractivity contribution >= 4 is 39.0 Å². The molecule has 5 N–H and O–H groups in total. The second-order valence-electron chi connectivity index (χ2n) is 4.11. The average Bonchev–Trinajstić information content (AvgIpc) is 2.71. The van der Waals surface area contributed by atoms with Crippen LogP contribution in [0.15, 0.2) is 28.6 Å². The van der Waals surface area contributed by atoms with Gasteiger partial charge in [-0.2, -0.15) is 10.5 Å². The summed E-state index contributed by atoms with van der Waals surface area (Å²) in [7, 11) is -0.0727. The van der Waals surface area contributed by atoms with Gasteiger partial charge in [-0.3, -0.25) is 4.99 Å². The van der Waals surface area contributed by atoms with Crippen LogP contribution in [-0.4, -0.2) is 35.6 Å². The molecule has 1 aromatic rings. The summed E-state index contributed by atoms with van der Waals surface area (Å²) in [6.45, 7) is 0.459. The highest BCUT2D eigenvalue weighted by molar-refractivity contribution is 8.17. The zero-order valence-corrected chi connectivity index (χ0v) is 10.9. The Labute approximate surface area is 109 Å². The Hall–Kier alpha value is -1.59. The van der Waals surface area contributed by atoms with Crippen LogP contribution in [0, 0.1) is 0 Å². The number of nitrogen functional groups attached to an aromatic ring is 2. The number of nitrogens with zero attached hydrogens (tertiary/aromatic N) is 1. The third-order valence-corrected chi connectivity index (χ3v) is 3.90. The average molecular weight is 263 g/mol. The summed E-state index contributed by atoms with van der Waals surface area (Å²) in [5, 5.41) is 10.9.